The minimum atomic E-state index is -0.952. The Balaban J connectivity index is 2.91. The number of esters is 1. The summed E-state index contributed by atoms with van der Waals surface area (Å²) in [5.74, 6) is -2.57. The van der Waals surface area contributed by atoms with Gasteiger partial charge in [0.2, 0.25) is 0 Å². The van der Waals surface area contributed by atoms with Crippen molar-refractivity contribution in [2.24, 2.45) is 0 Å². The molecule has 1 unspecified atom stereocenters. The molecule has 0 spiro atoms. The third-order valence-electron chi connectivity index (χ3n) is 2.44. The van der Waals surface area contributed by atoms with E-state index in [0.717, 1.165) is 13.2 Å². The van der Waals surface area contributed by atoms with Crippen LogP contribution in [0.2, 0.25) is 0 Å². The third kappa shape index (κ3) is 4.17. The number of carbonyl (C=O) groups is 1. The number of hydrogen-bond acceptors (Lipinski definition) is 4. The first-order valence-electron chi connectivity index (χ1n) is 5.91. The van der Waals surface area contributed by atoms with E-state index < -0.39 is 17.6 Å². The van der Waals surface area contributed by atoms with Crippen LogP contribution in [0, 0.1) is 11.6 Å². The molecule has 6 heteroatoms. The monoisotopic (exact) mass is 273 g/mol. The van der Waals surface area contributed by atoms with Gasteiger partial charge in [-0.2, -0.15) is 0 Å². The SMILES string of the molecule is CCOCC(C)Nc1cc(C(=O)OC)c(F)cc1F. The van der Waals surface area contributed by atoms with Crippen LogP contribution in [0.15, 0.2) is 12.1 Å². The largest absolute Gasteiger partial charge is 0.465 e. The minimum absolute atomic E-state index is 0.0361. The predicted molar refractivity (Wildman–Crippen MR) is 67.3 cm³/mol. The van der Waals surface area contributed by atoms with Crippen LogP contribution in [0.25, 0.3) is 0 Å². The van der Waals surface area contributed by atoms with E-state index in [1.807, 2.05) is 6.92 Å². The summed E-state index contributed by atoms with van der Waals surface area (Å²) in [6.07, 6.45) is 0. The van der Waals surface area contributed by atoms with E-state index in [2.05, 4.69) is 10.1 Å². The first kappa shape index (κ1) is 15.4. The van der Waals surface area contributed by atoms with E-state index in [9.17, 15) is 13.6 Å². The molecule has 1 rings (SSSR count). The van der Waals surface area contributed by atoms with E-state index in [0.29, 0.717) is 19.3 Å². The van der Waals surface area contributed by atoms with Gasteiger partial charge in [-0.3, -0.25) is 0 Å². The number of methoxy groups -OCH3 is 1. The Morgan fingerprint density at radius 3 is 2.63 bits per heavy atom. The highest BCUT2D eigenvalue weighted by atomic mass is 19.1. The molecule has 0 fully saturated rings. The first-order valence-corrected chi connectivity index (χ1v) is 5.91. The van der Waals surface area contributed by atoms with Crippen molar-refractivity contribution in [2.75, 3.05) is 25.6 Å². The average Bonchev–Trinajstić information content (AvgIpc) is 2.38. The van der Waals surface area contributed by atoms with Gasteiger partial charge in [0, 0.05) is 18.7 Å². The standard InChI is InChI=1S/C13H17F2NO3/c1-4-19-7-8(2)16-12-5-9(13(17)18-3)10(14)6-11(12)15/h5-6,8,16H,4,7H2,1-3H3. The zero-order chi connectivity index (χ0) is 14.4. The maximum atomic E-state index is 13.6. The molecule has 106 valence electrons. The van der Waals surface area contributed by atoms with Crippen LogP contribution in [0.5, 0.6) is 0 Å². The number of hydrogen-bond donors (Lipinski definition) is 1. The van der Waals surface area contributed by atoms with Crippen LogP contribution < -0.4 is 5.32 Å². The van der Waals surface area contributed by atoms with Crippen molar-refractivity contribution >= 4 is 11.7 Å². The normalized spacial score (nSPS) is 12.1. The highest BCUT2D eigenvalue weighted by Crippen LogP contribution is 2.21. The van der Waals surface area contributed by atoms with Gasteiger partial charge in [0.1, 0.15) is 11.6 Å². The van der Waals surface area contributed by atoms with Crippen molar-refractivity contribution in [2.45, 2.75) is 19.9 Å². The van der Waals surface area contributed by atoms with Gasteiger partial charge in [0.15, 0.2) is 0 Å². The van der Waals surface area contributed by atoms with Crippen LogP contribution in [0.3, 0.4) is 0 Å². The molecular weight excluding hydrogens is 256 g/mol. The van der Waals surface area contributed by atoms with Gasteiger partial charge in [-0.25, -0.2) is 13.6 Å². The summed E-state index contributed by atoms with van der Waals surface area (Å²) >= 11 is 0. The number of anilines is 1. The van der Waals surface area contributed by atoms with E-state index in [1.165, 1.54) is 0 Å². The zero-order valence-corrected chi connectivity index (χ0v) is 11.1. The van der Waals surface area contributed by atoms with Crippen LogP contribution in [-0.2, 0) is 9.47 Å². The summed E-state index contributed by atoms with van der Waals surface area (Å²) in [5.41, 5.74) is -0.274. The molecule has 1 aromatic rings. The number of benzene rings is 1. The van der Waals surface area contributed by atoms with Crippen molar-refractivity contribution < 1.29 is 23.0 Å². The fourth-order valence-corrected chi connectivity index (χ4v) is 1.53. The van der Waals surface area contributed by atoms with Gasteiger partial charge < -0.3 is 14.8 Å². The van der Waals surface area contributed by atoms with Gasteiger partial charge in [-0.05, 0) is 19.9 Å². The molecule has 1 atom stereocenters. The van der Waals surface area contributed by atoms with E-state index in [1.54, 1.807) is 6.92 Å². The molecule has 0 bridgehead atoms. The first-order chi connectivity index (χ1) is 8.99. The Bertz CT molecular complexity index is 452. The van der Waals surface area contributed by atoms with Crippen molar-refractivity contribution in [1.29, 1.82) is 0 Å². The lowest BCUT2D eigenvalue weighted by atomic mass is 10.1. The van der Waals surface area contributed by atoms with Gasteiger partial charge in [-0.1, -0.05) is 0 Å². The number of ether oxygens (including phenoxy) is 2. The number of halogens is 2. The van der Waals surface area contributed by atoms with Crippen LogP contribution in [0.4, 0.5) is 14.5 Å². The Morgan fingerprint density at radius 2 is 2.05 bits per heavy atom. The number of nitrogens with one attached hydrogen (secondary N) is 1. The van der Waals surface area contributed by atoms with E-state index in [4.69, 9.17) is 4.74 Å². The van der Waals surface area contributed by atoms with Crippen LogP contribution in [0.1, 0.15) is 24.2 Å². The summed E-state index contributed by atoms with van der Waals surface area (Å²) in [5, 5.41) is 2.82. The molecule has 0 saturated carbocycles. The van der Waals surface area contributed by atoms with Crippen LogP contribution in [-0.4, -0.2) is 32.3 Å². The number of rotatable bonds is 6. The average molecular weight is 273 g/mol. The summed E-state index contributed by atoms with van der Waals surface area (Å²) in [7, 11) is 1.13. The molecule has 19 heavy (non-hydrogen) atoms. The highest BCUT2D eigenvalue weighted by Gasteiger charge is 2.17. The highest BCUT2D eigenvalue weighted by molar-refractivity contribution is 5.90. The zero-order valence-electron chi connectivity index (χ0n) is 11.1. The molecule has 0 aliphatic carbocycles. The maximum absolute atomic E-state index is 13.6. The Morgan fingerprint density at radius 1 is 1.37 bits per heavy atom. The second-order valence-electron chi connectivity index (χ2n) is 4.01. The summed E-state index contributed by atoms with van der Waals surface area (Å²) in [4.78, 5) is 11.3. The maximum Gasteiger partial charge on any atom is 0.340 e. The molecule has 0 aromatic heterocycles. The molecule has 4 nitrogen and oxygen atoms in total. The third-order valence-corrected chi connectivity index (χ3v) is 2.44. The lowest BCUT2D eigenvalue weighted by Crippen LogP contribution is -2.22. The second kappa shape index (κ2) is 7.04. The topological polar surface area (TPSA) is 47.6 Å². The predicted octanol–water partition coefficient (Wildman–Crippen LogP) is 2.59. The van der Waals surface area contributed by atoms with Gasteiger partial charge in [0.05, 0.1) is 25.0 Å². The second-order valence-corrected chi connectivity index (χ2v) is 4.01. The Hall–Kier alpha value is -1.69. The van der Waals surface area contributed by atoms with Crippen molar-refractivity contribution in [3.63, 3.8) is 0 Å². The smallest absolute Gasteiger partial charge is 0.340 e. The van der Waals surface area contributed by atoms with Crippen molar-refractivity contribution in [1.82, 2.24) is 0 Å². The molecule has 0 aliphatic heterocycles. The molecule has 1 aromatic carbocycles. The molecule has 0 amide bonds. The summed E-state index contributed by atoms with van der Waals surface area (Å²) in [6, 6.07) is 1.58. The molecular formula is C13H17F2NO3. The fraction of sp³-hybridized carbons (Fsp3) is 0.462. The van der Waals surface area contributed by atoms with E-state index in [-0.39, 0.29) is 17.3 Å². The molecule has 1 N–H and O–H groups in total. The lowest BCUT2D eigenvalue weighted by molar-refractivity contribution is 0.0595. The quantitative estimate of drug-likeness (QED) is 0.809. The summed E-state index contributed by atoms with van der Waals surface area (Å²) < 4.78 is 36.6. The van der Waals surface area contributed by atoms with Gasteiger partial charge in [0.25, 0.3) is 0 Å². The minimum Gasteiger partial charge on any atom is -0.465 e. The summed E-state index contributed by atoms with van der Waals surface area (Å²) in [6.45, 7) is 4.56. The van der Waals surface area contributed by atoms with Crippen molar-refractivity contribution in [3.8, 4) is 0 Å². The molecule has 0 heterocycles. The molecule has 0 radical (unpaired) electrons. The lowest BCUT2D eigenvalue weighted by Gasteiger charge is -2.16. The molecule has 0 saturated heterocycles. The Labute approximate surface area is 110 Å². The van der Waals surface area contributed by atoms with Gasteiger partial charge >= 0.3 is 5.97 Å². The Kier molecular flexibility index (Phi) is 5.69. The van der Waals surface area contributed by atoms with E-state index >= 15 is 0 Å². The molecule has 0 aliphatic rings. The number of carbonyl (C=O) groups excluding carboxylic acids is 1. The van der Waals surface area contributed by atoms with Crippen molar-refractivity contribution in [3.05, 3.63) is 29.3 Å². The fourth-order valence-electron chi connectivity index (χ4n) is 1.53. The van der Waals surface area contributed by atoms with Gasteiger partial charge in [-0.15, -0.1) is 0 Å². The van der Waals surface area contributed by atoms with Crippen LogP contribution >= 0.6 is 0 Å².